The molecule has 0 amide bonds. The van der Waals surface area contributed by atoms with Crippen LogP contribution in [0.3, 0.4) is 0 Å². The highest BCUT2D eigenvalue weighted by atomic mass is 127. The molecule has 2 rings (SSSR count). The molecule has 5 heteroatoms. The van der Waals surface area contributed by atoms with E-state index >= 15 is 0 Å². The molecule has 0 saturated carbocycles. The van der Waals surface area contributed by atoms with E-state index in [-0.39, 0.29) is 29.4 Å². The summed E-state index contributed by atoms with van der Waals surface area (Å²) < 4.78 is 5.27. The Labute approximate surface area is 138 Å². The van der Waals surface area contributed by atoms with Gasteiger partial charge in [0.1, 0.15) is 0 Å². The van der Waals surface area contributed by atoms with E-state index in [0.717, 1.165) is 32.3 Å². The van der Waals surface area contributed by atoms with Crippen LogP contribution in [0.15, 0.2) is 35.3 Å². The molecule has 1 aliphatic rings. The van der Waals surface area contributed by atoms with Gasteiger partial charge in [0.25, 0.3) is 0 Å². The maximum absolute atomic E-state index is 5.27. The van der Waals surface area contributed by atoms with Crippen LogP contribution in [0.4, 0.5) is 0 Å². The Balaban J connectivity index is 0.00000200. The summed E-state index contributed by atoms with van der Waals surface area (Å²) in [4.78, 5) is 6.47. The second-order valence-electron chi connectivity index (χ2n) is 5.55. The Hall–Kier alpha value is -0.820. The summed E-state index contributed by atoms with van der Waals surface area (Å²) in [5.41, 5.74) is 1.54. The number of nitrogens with zero attached hydrogens (tertiary/aromatic N) is 2. The molecular weight excluding hydrogens is 365 g/mol. The summed E-state index contributed by atoms with van der Waals surface area (Å²) in [6.45, 7) is 5.65. The second kappa shape index (κ2) is 7.83. The van der Waals surface area contributed by atoms with Gasteiger partial charge >= 0.3 is 0 Å². The van der Waals surface area contributed by atoms with Gasteiger partial charge in [0, 0.05) is 32.6 Å². The first-order valence-electron chi connectivity index (χ1n) is 6.66. The average molecular weight is 389 g/mol. The van der Waals surface area contributed by atoms with Crippen LogP contribution in [-0.4, -0.2) is 44.7 Å². The van der Waals surface area contributed by atoms with Gasteiger partial charge in [-0.05, 0) is 5.56 Å². The minimum absolute atomic E-state index is 0. The Bertz CT molecular complexity index is 432. The molecule has 0 aromatic heterocycles. The van der Waals surface area contributed by atoms with Crippen LogP contribution in [0.2, 0.25) is 0 Å². The third-order valence-electron chi connectivity index (χ3n) is 3.41. The monoisotopic (exact) mass is 389 g/mol. The van der Waals surface area contributed by atoms with E-state index in [1.807, 2.05) is 13.1 Å². The first kappa shape index (κ1) is 17.2. The minimum atomic E-state index is 0. The van der Waals surface area contributed by atoms with E-state index in [2.05, 4.69) is 53.4 Å². The molecule has 1 fully saturated rings. The standard InChI is InChI=1S/C15H23N3O.HI/c1-15(11-19-12-15)10-17-14(16-2)18(3)9-13-7-5-4-6-8-13;/h4-8H,9-12H2,1-3H3,(H,16,17);1H. The summed E-state index contributed by atoms with van der Waals surface area (Å²) in [5.74, 6) is 0.928. The molecular formula is C15H24IN3O. The van der Waals surface area contributed by atoms with Gasteiger partial charge in [-0.25, -0.2) is 0 Å². The Morgan fingerprint density at radius 3 is 2.50 bits per heavy atom. The smallest absolute Gasteiger partial charge is 0.193 e. The van der Waals surface area contributed by atoms with E-state index in [4.69, 9.17) is 4.74 Å². The van der Waals surface area contributed by atoms with Crippen molar-refractivity contribution in [3.8, 4) is 0 Å². The van der Waals surface area contributed by atoms with Crippen LogP contribution < -0.4 is 5.32 Å². The highest BCUT2D eigenvalue weighted by Gasteiger charge is 2.33. The lowest BCUT2D eigenvalue weighted by molar-refractivity contribution is -0.0972. The third-order valence-corrected chi connectivity index (χ3v) is 3.41. The van der Waals surface area contributed by atoms with Crippen LogP contribution >= 0.6 is 24.0 Å². The number of nitrogens with one attached hydrogen (secondary N) is 1. The van der Waals surface area contributed by atoms with Crippen LogP contribution in [0.25, 0.3) is 0 Å². The molecule has 1 saturated heterocycles. The van der Waals surface area contributed by atoms with Gasteiger partial charge in [0.05, 0.1) is 13.2 Å². The molecule has 0 atom stereocenters. The lowest BCUT2D eigenvalue weighted by Gasteiger charge is -2.39. The molecule has 0 aliphatic carbocycles. The summed E-state index contributed by atoms with van der Waals surface area (Å²) in [7, 11) is 3.88. The number of rotatable bonds is 4. The van der Waals surface area contributed by atoms with Gasteiger partial charge in [-0.2, -0.15) is 0 Å². The van der Waals surface area contributed by atoms with Crippen molar-refractivity contribution < 1.29 is 4.74 Å². The number of guanidine groups is 1. The first-order chi connectivity index (χ1) is 9.13. The number of ether oxygens (including phenoxy) is 1. The van der Waals surface area contributed by atoms with E-state index in [1.54, 1.807) is 0 Å². The van der Waals surface area contributed by atoms with Gasteiger partial charge in [-0.15, -0.1) is 24.0 Å². The molecule has 0 radical (unpaired) electrons. The van der Waals surface area contributed by atoms with Gasteiger partial charge in [0.15, 0.2) is 5.96 Å². The summed E-state index contributed by atoms with van der Waals surface area (Å²) in [6, 6.07) is 10.4. The van der Waals surface area contributed by atoms with Crippen molar-refractivity contribution in [2.24, 2.45) is 10.4 Å². The first-order valence-corrected chi connectivity index (χ1v) is 6.66. The number of halogens is 1. The van der Waals surface area contributed by atoms with Gasteiger partial charge < -0.3 is 15.0 Å². The van der Waals surface area contributed by atoms with Crippen molar-refractivity contribution >= 4 is 29.9 Å². The summed E-state index contributed by atoms with van der Waals surface area (Å²) >= 11 is 0. The van der Waals surface area contributed by atoms with E-state index in [1.165, 1.54) is 5.56 Å². The molecule has 1 aliphatic heterocycles. The molecule has 0 bridgehead atoms. The number of benzene rings is 1. The maximum Gasteiger partial charge on any atom is 0.193 e. The fraction of sp³-hybridized carbons (Fsp3) is 0.533. The predicted molar refractivity (Wildman–Crippen MR) is 93.6 cm³/mol. The van der Waals surface area contributed by atoms with Gasteiger partial charge in [0.2, 0.25) is 0 Å². The number of hydrogen-bond donors (Lipinski definition) is 1. The molecule has 0 spiro atoms. The Morgan fingerprint density at radius 1 is 1.35 bits per heavy atom. The zero-order valence-corrected chi connectivity index (χ0v) is 14.8. The number of aliphatic imine (C=N–C) groups is 1. The maximum atomic E-state index is 5.27. The van der Waals surface area contributed by atoms with Gasteiger partial charge in [-0.1, -0.05) is 37.3 Å². The molecule has 112 valence electrons. The zero-order chi connectivity index (χ0) is 13.7. The van der Waals surface area contributed by atoms with Crippen LogP contribution in [0.1, 0.15) is 12.5 Å². The van der Waals surface area contributed by atoms with E-state index < -0.39 is 0 Å². The highest BCUT2D eigenvalue weighted by molar-refractivity contribution is 14.0. The van der Waals surface area contributed by atoms with Crippen molar-refractivity contribution in [3.05, 3.63) is 35.9 Å². The summed E-state index contributed by atoms with van der Waals surface area (Å²) in [6.07, 6.45) is 0. The van der Waals surface area contributed by atoms with Crippen molar-refractivity contribution in [2.45, 2.75) is 13.5 Å². The Kier molecular flexibility index (Phi) is 6.75. The van der Waals surface area contributed by atoms with Crippen LogP contribution in [0.5, 0.6) is 0 Å². The molecule has 0 unspecified atom stereocenters. The number of hydrogen-bond acceptors (Lipinski definition) is 2. The van der Waals surface area contributed by atoms with Crippen molar-refractivity contribution in [1.82, 2.24) is 10.2 Å². The molecule has 1 aromatic carbocycles. The van der Waals surface area contributed by atoms with E-state index in [9.17, 15) is 0 Å². The Morgan fingerprint density at radius 2 is 2.00 bits per heavy atom. The predicted octanol–water partition coefficient (Wildman–Crippen LogP) is 2.35. The molecule has 1 aromatic rings. The summed E-state index contributed by atoms with van der Waals surface area (Å²) in [5, 5.41) is 3.43. The van der Waals surface area contributed by atoms with Crippen molar-refractivity contribution in [3.63, 3.8) is 0 Å². The fourth-order valence-electron chi connectivity index (χ4n) is 2.16. The SMILES string of the molecule is CN=C(NCC1(C)COC1)N(C)Cc1ccccc1.I. The van der Waals surface area contributed by atoms with E-state index in [0.29, 0.717) is 0 Å². The normalized spacial score (nSPS) is 16.9. The quantitative estimate of drug-likeness (QED) is 0.488. The lowest BCUT2D eigenvalue weighted by atomic mass is 9.89. The van der Waals surface area contributed by atoms with Crippen molar-refractivity contribution in [1.29, 1.82) is 0 Å². The minimum Gasteiger partial charge on any atom is -0.380 e. The van der Waals surface area contributed by atoms with Crippen molar-refractivity contribution in [2.75, 3.05) is 33.9 Å². The second-order valence-corrected chi connectivity index (χ2v) is 5.55. The third kappa shape index (κ3) is 4.63. The largest absolute Gasteiger partial charge is 0.380 e. The topological polar surface area (TPSA) is 36.9 Å². The molecule has 1 heterocycles. The van der Waals surface area contributed by atoms with Crippen LogP contribution in [-0.2, 0) is 11.3 Å². The highest BCUT2D eigenvalue weighted by Crippen LogP contribution is 2.25. The zero-order valence-electron chi connectivity index (χ0n) is 12.4. The lowest BCUT2D eigenvalue weighted by Crippen LogP contribution is -2.51. The molecule has 1 N–H and O–H groups in total. The van der Waals surface area contributed by atoms with Gasteiger partial charge in [-0.3, -0.25) is 4.99 Å². The fourth-order valence-corrected chi connectivity index (χ4v) is 2.16. The van der Waals surface area contributed by atoms with Crippen LogP contribution in [0, 0.1) is 5.41 Å². The molecule has 20 heavy (non-hydrogen) atoms. The molecule has 4 nitrogen and oxygen atoms in total. The average Bonchev–Trinajstić information content (AvgIpc) is 2.38.